The Morgan fingerprint density at radius 2 is 2.04 bits per heavy atom. The Morgan fingerprint density at radius 3 is 2.85 bits per heavy atom. The van der Waals surface area contributed by atoms with E-state index in [2.05, 4.69) is 20.4 Å². The summed E-state index contributed by atoms with van der Waals surface area (Å²) in [6, 6.07) is 19.3. The van der Waals surface area contributed by atoms with Crippen LogP contribution >= 0.6 is 23.8 Å². The van der Waals surface area contributed by atoms with Crippen LogP contribution in [0.5, 0.6) is 5.75 Å². The average molecular weight is 399 g/mol. The fourth-order valence-electron chi connectivity index (χ4n) is 2.58. The average Bonchev–Trinajstić information content (AvgIpc) is 3.09. The molecule has 0 aliphatic heterocycles. The first kappa shape index (κ1) is 18.9. The number of nitrogens with one attached hydrogen (secondary N) is 2. The Bertz CT molecular complexity index is 954. The molecule has 5 nitrogen and oxygen atoms in total. The van der Waals surface area contributed by atoms with E-state index in [1.165, 1.54) is 0 Å². The van der Waals surface area contributed by atoms with Gasteiger partial charge in [0.15, 0.2) is 5.11 Å². The molecule has 1 heterocycles. The predicted octanol–water partition coefficient (Wildman–Crippen LogP) is 4.52. The predicted molar refractivity (Wildman–Crippen MR) is 115 cm³/mol. The second-order valence-electron chi connectivity index (χ2n) is 5.72. The number of hydrogen-bond donors (Lipinski definition) is 2. The highest BCUT2D eigenvalue weighted by molar-refractivity contribution is 7.80. The van der Waals surface area contributed by atoms with Crippen molar-refractivity contribution in [2.24, 2.45) is 5.10 Å². The zero-order valence-electron chi connectivity index (χ0n) is 14.7. The van der Waals surface area contributed by atoms with Crippen LogP contribution in [0.3, 0.4) is 0 Å². The summed E-state index contributed by atoms with van der Waals surface area (Å²) in [5.74, 6) is 0.709. The van der Waals surface area contributed by atoms with Crippen molar-refractivity contribution in [2.75, 3.05) is 12.4 Å². The third kappa shape index (κ3) is 5.32. The van der Waals surface area contributed by atoms with Crippen LogP contribution < -0.4 is 15.5 Å². The van der Waals surface area contributed by atoms with Crippen LogP contribution in [-0.4, -0.2) is 23.0 Å². The first-order valence-corrected chi connectivity index (χ1v) is 9.07. The van der Waals surface area contributed by atoms with Gasteiger partial charge < -0.3 is 14.6 Å². The number of anilines is 1. The van der Waals surface area contributed by atoms with Crippen molar-refractivity contribution in [3.05, 3.63) is 83.1 Å². The smallest absolute Gasteiger partial charge is 0.191 e. The molecule has 0 fully saturated rings. The fraction of sp³-hybridized carbons (Fsp3) is 0.100. The van der Waals surface area contributed by atoms with Gasteiger partial charge in [-0.1, -0.05) is 35.9 Å². The summed E-state index contributed by atoms with van der Waals surface area (Å²) >= 11 is 11.3. The van der Waals surface area contributed by atoms with Crippen molar-refractivity contribution in [2.45, 2.75) is 6.54 Å². The van der Waals surface area contributed by atoms with Crippen LogP contribution in [-0.2, 0) is 6.54 Å². The Morgan fingerprint density at radius 1 is 1.19 bits per heavy atom. The van der Waals surface area contributed by atoms with Gasteiger partial charge in [0.2, 0.25) is 0 Å². The summed E-state index contributed by atoms with van der Waals surface area (Å²) in [6.45, 7) is 0.707. The molecule has 0 bridgehead atoms. The summed E-state index contributed by atoms with van der Waals surface area (Å²) in [5.41, 5.74) is 5.66. The minimum atomic E-state index is 0.378. The first-order valence-electron chi connectivity index (χ1n) is 8.28. The quantitative estimate of drug-likeness (QED) is 0.364. The van der Waals surface area contributed by atoms with E-state index in [-0.39, 0.29) is 0 Å². The van der Waals surface area contributed by atoms with E-state index in [4.69, 9.17) is 28.6 Å². The van der Waals surface area contributed by atoms with Crippen molar-refractivity contribution >= 4 is 40.8 Å². The summed E-state index contributed by atoms with van der Waals surface area (Å²) in [7, 11) is 1.61. The lowest BCUT2D eigenvalue weighted by atomic mass is 10.2. The summed E-state index contributed by atoms with van der Waals surface area (Å²) in [5, 5.41) is 8.39. The van der Waals surface area contributed by atoms with Crippen LogP contribution in [0.2, 0.25) is 5.02 Å². The molecule has 2 N–H and O–H groups in total. The number of hydrogen-bond acceptors (Lipinski definition) is 3. The minimum Gasteiger partial charge on any atom is -0.495 e. The van der Waals surface area contributed by atoms with Gasteiger partial charge in [-0.3, -0.25) is 5.43 Å². The number of halogens is 1. The molecule has 0 saturated heterocycles. The Kier molecular flexibility index (Phi) is 6.46. The second-order valence-corrected chi connectivity index (χ2v) is 6.56. The molecule has 138 valence electrons. The largest absolute Gasteiger partial charge is 0.495 e. The number of rotatable bonds is 6. The molecule has 2 aromatic carbocycles. The van der Waals surface area contributed by atoms with Crippen LogP contribution in [0.15, 0.2) is 72.0 Å². The van der Waals surface area contributed by atoms with Gasteiger partial charge in [-0.25, -0.2) is 0 Å². The van der Waals surface area contributed by atoms with Gasteiger partial charge in [0, 0.05) is 17.8 Å². The van der Waals surface area contributed by atoms with Crippen LogP contribution in [0.4, 0.5) is 5.69 Å². The number of benzene rings is 2. The van der Waals surface area contributed by atoms with Crippen LogP contribution in [0, 0.1) is 0 Å². The van der Waals surface area contributed by atoms with E-state index >= 15 is 0 Å². The maximum absolute atomic E-state index is 6.06. The maximum Gasteiger partial charge on any atom is 0.191 e. The normalized spacial score (nSPS) is 10.7. The molecule has 3 rings (SSSR count). The summed E-state index contributed by atoms with van der Waals surface area (Å²) in [6.07, 6.45) is 3.72. The molecule has 3 aromatic rings. The van der Waals surface area contributed by atoms with Gasteiger partial charge in [-0.15, -0.1) is 0 Å². The number of nitrogens with zero attached hydrogens (tertiary/aromatic N) is 2. The molecule has 27 heavy (non-hydrogen) atoms. The van der Waals surface area contributed by atoms with Crippen molar-refractivity contribution in [1.29, 1.82) is 0 Å². The zero-order chi connectivity index (χ0) is 19.1. The Labute approximate surface area is 168 Å². The monoisotopic (exact) mass is 398 g/mol. The first-order chi connectivity index (χ1) is 13.2. The van der Waals surface area contributed by atoms with E-state index in [0.717, 1.165) is 22.0 Å². The third-order valence-electron chi connectivity index (χ3n) is 3.82. The highest BCUT2D eigenvalue weighted by atomic mass is 35.5. The number of aromatic nitrogens is 1. The molecule has 0 unspecified atom stereocenters. The van der Waals surface area contributed by atoms with Crippen molar-refractivity contribution < 1.29 is 4.74 Å². The number of methoxy groups -OCH3 is 1. The molecule has 0 atom stereocenters. The maximum atomic E-state index is 6.06. The van der Waals surface area contributed by atoms with E-state index in [1.54, 1.807) is 13.3 Å². The molecule has 0 amide bonds. The van der Waals surface area contributed by atoms with Crippen molar-refractivity contribution in [3.63, 3.8) is 0 Å². The molecule has 7 heteroatoms. The fourth-order valence-corrected chi connectivity index (χ4v) is 2.95. The third-order valence-corrected chi connectivity index (χ3v) is 4.25. The van der Waals surface area contributed by atoms with E-state index in [9.17, 15) is 0 Å². The number of ether oxygens (including phenoxy) is 1. The summed E-state index contributed by atoms with van der Waals surface area (Å²) in [4.78, 5) is 0. The standard InChI is InChI=1S/C20H19ClN4OS/c1-26-19-10-3-2-9-18(19)23-20(27)24-22-13-17-8-5-11-25(17)14-15-6-4-7-16(21)12-15/h2-13H,14H2,1H3,(H2,23,24,27)/b22-13-. The molecular weight excluding hydrogens is 380 g/mol. The molecule has 0 aliphatic rings. The summed E-state index contributed by atoms with van der Waals surface area (Å²) < 4.78 is 7.37. The number of hydrazone groups is 1. The topological polar surface area (TPSA) is 50.6 Å². The molecule has 0 spiro atoms. The Balaban J connectivity index is 1.60. The van der Waals surface area contributed by atoms with Gasteiger partial charge in [0.25, 0.3) is 0 Å². The lowest BCUT2D eigenvalue weighted by Gasteiger charge is -2.11. The second kappa shape index (κ2) is 9.21. The van der Waals surface area contributed by atoms with Gasteiger partial charge in [0.1, 0.15) is 5.75 Å². The molecule has 0 saturated carbocycles. The minimum absolute atomic E-state index is 0.378. The lowest BCUT2D eigenvalue weighted by molar-refractivity contribution is 0.417. The Hall–Kier alpha value is -2.83. The highest BCUT2D eigenvalue weighted by Gasteiger charge is 2.03. The molecule has 0 radical (unpaired) electrons. The molecule has 1 aromatic heterocycles. The highest BCUT2D eigenvalue weighted by Crippen LogP contribution is 2.22. The van der Waals surface area contributed by atoms with Crippen LogP contribution in [0.25, 0.3) is 0 Å². The van der Waals surface area contributed by atoms with E-state index < -0.39 is 0 Å². The van der Waals surface area contributed by atoms with Crippen LogP contribution in [0.1, 0.15) is 11.3 Å². The lowest BCUT2D eigenvalue weighted by Crippen LogP contribution is -2.24. The molecule has 0 aliphatic carbocycles. The van der Waals surface area contributed by atoms with Crippen molar-refractivity contribution in [3.8, 4) is 5.75 Å². The van der Waals surface area contributed by atoms with Gasteiger partial charge in [-0.05, 0) is 54.2 Å². The van der Waals surface area contributed by atoms with E-state index in [0.29, 0.717) is 17.4 Å². The number of para-hydroxylation sites is 2. The van der Waals surface area contributed by atoms with Gasteiger partial charge in [-0.2, -0.15) is 5.10 Å². The molecular formula is C20H19ClN4OS. The van der Waals surface area contributed by atoms with Crippen molar-refractivity contribution in [1.82, 2.24) is 9.99 Å². The SMILES string of the molecule is COc1ccccc1NC(=S)N/N=C\c1cccn1Cc1cccc(Cl)c1. The zero-order valence-corrected chi connectivity index (χ0v) is 16.3. The van der Waals surface area contributed by atoms with Gasteiger partial charge in [0.05, 0.1) is 24.7 Å². The van der Waals surface area contributed by atoms with E-state index in [1.807, 2.05) is 66.9 Å². The van der Waals surface area contributed by atoms with Gasteiger partial charge >= 0.3 is 0 Å². The number of thiocarbonyl (C=S) groups is 1.